The zero-order valence-corrected chi connectivity index (χ0v) is 10.1. The average Bonchev–Trinajstić information content (AvgIpc) is 2.68. The summed E-state index contributed by atoms with van der Waals surface area (Å²) in [6, 6.07) is 1.77. The van der Waals surface area contributed by atoms with Gasteiger partial charge in [0, 0.05) is 31.3 Å². The highest BCUT2D eigenvalue weighted by molar-refractivity contribution is 5.92. The Morgan fingerprint density at radius 1 is 1.53 bits per heavy atom. The minimum atomic E-state index is 0.111. The van der Waals surface area contributed by atoms with Crippen molar-refractivity contribution in [3.8, 4) is 5.75 Å². The number of hydrogen-bond acceptors (Lipinski definition) is 4. The number of nitrogens with zero attached hydrogens (tertiary/aromatic N) is 2. The molecule has 0 bridgehead atoms. The van der Waals surface area contributed by atoms with Gasteiger partial charge in [0.2, 0.25) is 0 Å². The standard InChI is InChI=1S/C12H14N2O3/c1-8-11-9(5-14(2)13-11)4-10(6-15)12(8)17-7-16-3/h4-6H,7H2,1-3H3. The fourth-order valence-corrected chi connectivity index (χ4v) is 1.86. The Kier molecular flexibility index (Phi) is 3.10. The van der Waals surface area contributed by atoms with Gasteiger partial charge in [0.1, 0.15) is 5.75 Å². The number of hydrogen-bond donors (Lipinski definition) is 0. The summed E-state index contributed by atoms with van der Waals surface area (Å²) in [6.07, 6.45) is 2.65. The summed E-state index contributed by atoms with van der Waals surface area (Å²) in [6.45, 7) is 1.99. The van der Waals surface area contributed by atoms with Crippen LogP contribution in [0.3, 0.4) is 0 Å². The van der Waals surface area contributed by atoms with Crippen LogP contribution in [0.25, 0.3) is 10.9 Å². The summed E-state index contributed by atoms with van der Waals surface area (Å²) in [5.41, 5.74) is 2.20. The number of benzene rings is 1. The van der Waals surface area contributed by atoms with Crippen LogP contribution in [0.15, 0.2) is 12.3 Å². The van der Waals surface area contributed by atoms with Crippen molar-refractivity contribution in [2.75, 3.05) is 13.9 Å². The Balaban J connectivity index is 2.62. The third kappa shape index (κ3) is 2.01. The Morgan fingerprint density at radius 2 is 2.29 bits per heavy atom. The molecule has 0 aliphatic rings. The zero-order valence-electron chi connectivity index (χ0n) is 10.1. The van der Waals surface area contributed by atoms with E-state index < -0.39 is 0 Å². The van der Waals surface area contributed by atoms with Crippen molar-refractivity contribution in [2.24, 2.45) is 7.05 Å². The lowest BCUT2D eigenvalue weighted by atomic mass is 10.1. The SMILES string of the molecule is COCOc1c(C=O)cc2cn(C)nc2c1C. The molecule has 0 atom stereocenters. The van der Waals surface area contributed by atoms with E-state index in [1.165, 1.54) is 7.11 Å². The number of fused-ring (bicyclic) bond motifs is 1. The number of ether oxygens (including phenoxy) is 2. The van der Waals surface area contributed by atoms with E-state index in [1.54, 1.807) is 10.7 Å². The molecule has 0 spiro atoms. The van der Waals surface area contributed by atoms with Gasteiger partial charge < -0.3 is 9.47 Å². The van der Waals surface area contributed by atoms with Crippen molar-refractivity contribution in [3.63, 3.8) is 0 Å². The normalized spacial score (nSPS) is 10.8. The Bertz CT molecular complexity index is 560. The van der Waals surface area contributed by atoms with Gasteiger partial charge in [-0.1, -0.05) is 0 Å². The van der Waals surface area contributed by atoms with Gasteiger partial charge in [0.25, 0.3) is 0 Å². The lowest BCUT2D eigenvalue weighted by molar-refractivity contribution is 0.0501. The molecule has 0 amide bonds. The predicted octanol–water partition coefficient (Wildman–Crippen LogP) is 1.68. The molecule has 0 aliphatic carbocycles. The molecule has 90 valence electrons. The largest absolute Gasteiger partial charge is 0.466 e. The van der Waals surface area contributed by atoms with Gasteiger partial charge in [0.05, 0.1) is 11.1 Å². The third-order valence-corrected chi connectivity index (χ3v) is 2.57. The van der Waals surface area contributed by atoms with Gasteiger partial charge in [-0.15, -0.1) is 0 Å². The first-order valence-corrected chi connectivity index (χ1v) is 5.21. The highest BCUT2D eigenvalue weighted by atomic mass is 16.7. The van der Waals surface area contributed by atoms with Gasteiger partial charge in [-0.3, -0.25) is 9.48 Å². The molecule has 1 aromatic carbocycles. The van der Waals surface area contributed by atoms with Crippen LogP contribution in [0.4, 0.5) is 0 Å². The maximum absolute atomic E-state index is 11.0. The van der Waals surface area contributed by atoms with Gasteiger partial charge >= 0.3 is 0 Å². The minimum Gasteiger partial charge on any atom is -0.466 e. The van der Waals surface area contributed by atoms with E-state index in [0.717, 1.165) is 22.8 Å². The lowest BCUT2D eigenvalue weighted by Crippen LogP contribution is -2.03. The van der Waals surface area contributed by atoms with Gasteiger partial charge in [-0.25, -0.2) is 0 Å². The van der Waals surface area contributed by atoms with Crippen LogP contribution in [-0.4, -0.2) is 30.0 Å². The topological polar surface area (TPSA) is 53.4 Å². The quantitative estimate of drug-likeness (QED) is 0.596. The molecule has 0 N–H and O–H groups in total. The summed E-state index contributed by atoms with van der Waals surface area (Å²) in [7, 11) is 3.38. The van der Waals surface area contributed by atoms with Crippen LogP contribution in [0.5, 0.6) is 5.75 Å². The van der Waals surface area contributed by atoms with Crippen molar-refractivity contribution >= 4 is 17.2 Å². The molecule has 0 fully saturated rings. The summed E-state index contributed by atoms with van der Waals surface area (Å²) in [5, 5.41) is 5.26. The van der Waals surface area contributed by atoms with E-state index in [2.05, 4.69) is 5.10 Å². The molecule has 0 aliphatic heterocycles. The molecule has 5 nitrogen and oxygen atoms in total. The van der Waals surface area contributed by atoms with Gasteiger partial charge in [-0.2, -0.15) is 5.10 Å². The first-order chi connectivity index (χ1) is 8.17. The monoisotopic (exact) mass is 234 g/mol. The fraction of sp³-hybridized carbons (Fsp3) is 0.333. The second-order valence-electron chi connectivity index (χ2n) is 3.83. The summed E-state index contributed by atoms with van der Waals surface area (Å²) in [5.74, 6) is 0.535. The third-order valence-electron chi connectivity index (χ3n) is 2.57. The van der Waals surface area contributed by atoms with E-state index in [1.807, 2.05) is 20.2 Å². The molecule has 0 saturated heterocycles. The average molecular weight is 234 g/mol. The van der Waals surface area contributed by atoms with Gasteiger partial charge in [0.15, 0.2) is 13.1 Å². The number of methoxy groups -OCH3 is 1. The lowest BCUT2D eigenvalue weighted by Gasteiger charge is -2.10. The van der Waals surface area contributed by atoms with Crippen LogP contribution in [0.1, 0.15) is 15.9 Å². The second kappa shape index (κ2) is 4.55. The molecule has 1 aromatic heterocycles. The molecule has 2 rings (SSSR count). The van der Waals surface area contributed by atoms with Crippen molar-refractivity contribution in [3.05, 3.63) is 23.4 Å². The first kappa shape index (κ1) is 11.6. The maximum atomic E-state index is 11.0. The predicted molar refractivity (Wildman–Crippen MR) is 63.3 cm³/mol. The molecule has 2 aromatic rings. The van der Waals surface area contributed by atoms with Crippen LogP contribution in [0.2, 0.25) is 0 Å². The van der Waals surface area contributed by atoms with Crippen molar-refractivity contribution < 1.29 is 14.3 Å². The number of aromatic nitrogens is 2. The molecule has 0 radical (unpaired) electrons. The van der Waals surface area contributed by atoms with E-state index in [9.17, 15) is 4.79 Å². The highest BCUT2D eigenvalue weighted by Crippen LogP contribution is 2.29. The number of aryl methyl sites for hydroxylation is 2. The highest BCUT2D eigenvalue weighted by Gasteiger charge is 2.13. The molecule has 5 heteroatoms. The van der Waals surface area contributed by atoms with E-state index in [4.69, 9.17) is 9.47 Å². The second-order valence-corrected chi connectivity index (χ2v) is 3.83. The van der Waals surface area contributed by atoms with Crippen molar-refractivity contribution in [1.29, 1.82) is 0 Å². The van der Waals surface area contributed by atoms with E-state index in [0.29, 0.717) is 11.3 Å². The zero-order chi connectivity index (χ0) is 12.4. The van der Waals surface area contributed by atoms with Crippen molar-refractivity contribution in [2.45, 2.75) is 6.92 Å². The minimum absolute atomic E-state index is 0.111. The maximum Gasteiger partial charge on any atom is 0.188 e. The number of aldehydes is 1. The smallest absolute Gasteiger partial charge is 0.188 e. The Hall–Kier alpha value is -1.88. The number of carbonyl (C=O) groups is 1. The molecule has 0 saturated carbocycles. The van der Waals surface area contributed by atoms with E-state index in [-0.39, 0.29) is 6.79 Å². The molecular formula is C12H14N2O3. The van der Waals surface area contributed by atoms with Crippen LogP contribution >= 0.6 is 0 Å². The first-order valence-electron chi connectivity index (χ1n) is 5.21. The summed E-state index contributed by atoms with van der Waals surface area (Å²) >= 11 is 0. The van der Waals surface area contributed by atoms with Crippen LogP contribution < -0.4 is 4.74 Å². The summed E-state index contributed by atoms with van der Waals surface area (Å²) in [4.78, 5) is 11.0. The fourth-order valence-electron chi connectivity index (χ4n) is 1.86. The molecule has 17 heavy (non-hydrogen) atoms. The number of carbonyl (C=O) groups excluding carboxylic acids is 1. The van der Waals surface area contributed by atoms with E-state index >= 15 is 0 Å². The Labute approximate surface area is 98.9 Å². The number of rotatable bonds is 4. The molecular weight excluding hydrogens is 220 g/mol. The summed E-state index contributed by atoms with van der Waals surface area (Å²) < 4.78 is 12.0. The van der Waals surface area contributed by atoms with Crippen molar-refractivity contribution in [1.82, 2.24) is 9.78 Å². The molecule has 0 unspecified atom stereocenters. The van der Waals surface area contributed by atoms with Crippen LogP contribution in [0, 0.1) is 6.92 Å². The van der Waals surface area contributed by atoms with Gasteiger partial charge in [-0.05, 0) is 13.0 Å². The Morgan fingerprint density at radius 3 is 2.94 bits per heavy atom. The molecule has 1 heterocycles. The van der Waals surface area contributed by atoms with Crippen LogP contribution in [-0.2, 0) is 11.8 Å².